The maximum atomic E-state index is 2.46. The zero-order chi connectivity index (χ0) is 40.5. The van der Waals surface area contributed by atoms with Gasteiger partial charge in [0.2, 0.25) is 0 Å². The lowest BCUT2D eigenvalue weighted by molar-refractivity contribution is 0.590. The fourth-order valence-corrected chi connectivity index (χ4v) is 9.09. The molecule has 0 amide bonds. The van der Waals surface area contributed by atoms with E-state index in [9.17, 15) is 0 Å². The van der Waals surface area contributed by atoms with Crippen LogP contribution in [-0.2, 0) is 10.8 Å². The predicted octanol–water partition coefficient (Wildman–Crippen LogP) is 16.4. The third-order valence-electron chi connectivity index (χ3n) is 12.3. The summed E-state index contributed by atoms with van der Waals surface area (Å²) in [5.41, 5.74) is 16.2. The van der Waals surface area contributed by atoms with Crippen molar-refractivity contribution in [2.75, 3.05) is 0 Å². The molecule has 0 atom stereocenters. The first-order valence-electron chi connectivity index (χ1n) is 20.9. The van der Waals surface area contributed by atoms with Crippen molar-refractivity contribution in [1.29, 1.82) is 0 Å². The van der Waals surface area contributed by atoms with Gasteiger partial charge in [0.15, 0.2) is 0 Å². The van der Waals surface area contributed by atoms with Gasteiger partial charge in [0, 0.05) is 16.5 Å². The van der Waals surface area contributed by atoms with Crippen LogP contribution in [0.5, 0.6) is 0 Å². The van der Waals surface area contributed by atoms with Gasteiger partial charge in [-0.3, -0.25) is 0 Å². The van der Waals surface area contributed by atoms with Crippen LogP contribution in [0.15, 0.2) is 188 Å². The molecule has 0 saturated carbocycles. The molecule has 9 aromatic carbocycles. The van der Waals surface area contributed by atoms with Crippen LogP contribution < -0.4 is 0 Å². The van der Waals surface area contributed by atoms with Gasteiger partial charge in [0.05, 0.1) is 11.0 Å². The molecule has 286 valence electrons. The smallest absolute Gasteiger partial charge is 0.0541 e. The van der Waals surface area contributed by atoms with E-state index in [-0.39, 0.29) is 10.8 Å². The molecule has 1 nitrogen and oxygen atoms in total. The lowest BCUT2D eigenvalue weighted by atomic mass is 9.79. The van der Waals surface area contributed by atoms with Gasteiger partial charge in [-0.05, 0) is 137 Å². The Morgan fingerprint density at radius 3 is 1.12 bits per heavy atom. The van der Waals surface area contributed by atoms with Gasteiger partial charge in [-0.1, -0.05) is 181 Å². The molecule has 1 aromatic heterocycles. The van der Waals surface area contributed by atoms with Crippen LogP contribution in [0, 0.1) is 0 Å². The Bertz CT molecular complexity index is 3170. The molecule has 0 fully saturated rings. The molecular weight excluding hydrogens is 711 g/mol. The second-order valence-electron chi connectivity index (χ2n) is 18.2. The highest BCUT2D eigenvalue weighted by Gasteiger charge is 2.23. The van der Waals surface area contributed by atoms with E-state index >= 15 is 0 Å². The summed E-state index contributed by atoms with van der Waals surface area (Å²) in [6.07, 6.45) is 0. The highest BCUT2D eigenvalue weighted by atomic mass is 15.0. The first-order chi connectivity index (χ1) is 28.5. The van der Waals surface area contributed by atoms with Crippen LogP contribution in [0.25, 0.3) is 93.5 Å². The molecule has 0 N–H and O–H groups in total. The SMILES string of the molecule is CC(C)(C)c1ccc2c(-c3ccc(-c4ccc5c(c4)c4cc(-c6ccccc6)ccc4n5-c4ccccc4)cc3)c3cc(C(C)(C)C)ccc3c(-c3ccccc3)c2c1. The summed E-state index contributed by atoms with van der Waals surface area (Å²) >= 11 is 0. The zero-order valence-corrected chi connectivity index (χ0v) is 34.8. The molecule has 0 bridgehead atoms. The first kappa shape index (κ1) is 36.6. The van der Waals surface area contributed by atoms with Gasteiger partial charge >= 0.3 is 0 Å². The van der Waals surface area contributed by atoms with Crippen molar-refractivity contribution in [3.8, 4) is 50.2 Å². The molecule has 0 aliphatic rings. The minimum atomic E-state index is 0.0113. The maximum Gasteiger partial charge on any atom is 0.0541 e. The average Bonchev–Trinajstić information content (AvgIpc) is 3.58. The second-order valence-corrected chi connectivity index (χ2v) is 18.2. The standard InChI is InChI=1S/C58H49N/c1-57(2,3)44-29-31-48-51(36-44)55(40-18-12-8-13-19-40)47-30-28-45(58(4,5)6)37-52(47)56(48)41-24-22-39(23-25-41)43-27-33-54-50(35-43)49-34-42(38-16-10-7-11-17-38)26-32-53(49)59(54)46-20-14-9-15-21-46/h7-37H,1-6H3. The van der Waals surface area contributed by atoms with Gasteiger partial charge in [0.25, 0.3) is 0 Å². The quantitative estimate of drug-likeness (QED) is 0.154. The summed E-state index contributed by atoms with van der Waals surface area (Å²) in [6.45, 7) is 13.9. The number of rotatable bonds is 5. The van der Waals surface area contributed by atoms with Gasteiger partial charge in [0.1, 0.15) is 0 Å². The Balaban J connectivity index is 1.17. The molecule has 10 aromatic rings. The van der Waals surface area contributed by atoms with Gasteiger partial charge in [-0.25, -0.2) is 0 Å². The molecule has 59 heavy (non-hydrogen) atoms. The molecule has 1 heterocycles. The van der Waals surface area contributed by atoms with Crippen molar-refractivity contribution < 1.29 is 0 Å². The van der Waals surface area contributed by atoms with E-state index in [2.05, 4.69) is 234 Å². The molecule has 10 rings (SSSR count). The average molecular weight is 760 g/mol. The van der Waals surface area contributed by atoms with Gasteiger partial charge in [-0.2, -0.15) is 0 Å². The number of para-hydroxylation sites is 1. The van der Waals surface area contributed by atoms with Crippen molar-refractivity contribution in [2.24, 2.45) is 0 Å². The first-order valence-corrected chi connectivity index (χ1v) is 20.9. The lowest BCUT2D eigenvalue weighted by Gasteiger charge is -2.25. The molecule has 0 radical (unpaired) electrons. The van der Waals surface area contributed by atoms with Crippen LogP contribution in [0.4, 0.5) is 0 Å². The summed E-state index contributed by atoms with van der Waals surface area (Å²) in [5.74, 6) is 0. The van der Waals surface area contributed by atoms with Gasteiger partial charge in [-0.15, -0.1) is 0 Å². The van der Waals surface area contributed by atoms with Crippen molar-refractivity contribution in [3.63, 3.8) is 0 Å². The van der Waals surface area contributed by atoms with Crippen LogP contribution in [0.2, 0.25) is 0 Å². The predicted molar refractivity (Wildman–Crippen MR) is 255 cm³/mol. The topological polar surface area (TPSA) is 4.93 Å². The minimum absolute atomic E-state index is 0.0113. The van der Waals surface area contributed by atoms with E-state index in [0.717, 1.165) is 0 Å². The molecule has 0 spiro atoms. The monoisotopic (exact) mass is 759 g/mol. The second kappa shape index (κ2) is 14.0. The van der Waals surface area contributed by atoms with Crippen molar-refractivity contribution in [2.45, 2.75) is 52.4 Å². The van der Waals surface area contributed by atoms with E-state index < -0.39 is 0 Å². The largest absolute Gasteiger partial charge is 0.309 e. The fourth-order valence-electron chi connectivity index (χ4n) is 9.09. The molecule has 1 heteroatoms. The summed E-state index contributed by atoms with van der Waals surface area (Å²) < 4.78 is 2.40. The van der Waals surface area contributed by atoms with Crippen LogP contribution in [0.1, 0.15) is 52.7 Å². The van der Waals surface area contributed by atoms with Gasteiger partial charge < -0.3 is 4.57 Å². The van der Waals surface area contributed by atoms with Crippen LogP contribution in [-0.4, -0.2) is 4.57 Å². The summed E-state index contributed by atoms with van der Waals surface area (Å²) in [4.78, 5) is 0. The van der Waals surface area contributed by atoms with E-state index in [1.54, 1.807) is 0 Å². The Morgan fingerprint density at radius 1 is 0.288 bits per heavy atom. The highest BCUT2D eigenvalue weighted by molar-refractivity contribution is 6.22. The number of hydrogen-bond acceptors (Lipinski definition) is 0. The Hall–Kier alpha value is -6.70. The normalized spacial score (nSPS) is 12.2. The molecular formula is C58H49N. The van der Waals surface area contributed by atoms with Crippen molar-refractivity contribution >= 4 is 43.4 Å². The molecule has 0 aliphatic carbocycles. The Labute approximate surface area is 348 Å². The van der Waals surface area contributed by atoms with E-state index in [1.165, 1.54) is 105 Å². The highest BCUT2D eigenvalue weighted by Crippen LogP contribution is 2.46. The number of fused-ring (bicyclic) bond motifs is 5. The number of nitrogens with zero attached hydrogens (tertiary/aromatic N) is 1. The third-order valence-corrected chi connectivity index (χ3v) is 12.3. The van der Waals surface area contributed by atoms with Crippen LogP contribution >= 0.6 is 0 Å². The van der Waals surface area contributed by atoms with Crippen molar-refractivity contribution in [1.82, 2.24) is 4.57 Å². The maximum absolute atomic E-state index is 2.46. The van der Waals surface area contributed by atoms with E-state index in [4.69, 9.17) is 0 Å². The number of aromatic nitrogens is 1. The molecule has 0 unspecified atom stereocenters. The molecule has 0 saturated heterocycles. The summed E-state index contributed by atoms with van der Waals surface area (Å²) in [6, 6.07) is 70.0. The van der Waals surface area contributed by atoms with Crippen LogP contribution in [0.3, 0.4) is 0 Å². The zero-order valence-electron chi connectivity index (χ0n) is 34.8. The Kier molecular flexibility index (Phi) is 8.69. The van der Waals surface area contributed by atoms with Crippen molar-refractivity contribution in [3.05, 3.63) is 199 Å². The van der Waals surface area contributed by atoms with E-state index in [1.807, 2.05) is 0 Å². The third kappa shape index (κ3) is 6.43. The Morgan fingerprint density at radius 2 is 0.661 bits per heavy atom. The summed E-state index contributed by atoms with van der Waals surface area (Å²) in [7, 11) is 0. The minimum Gasteiger partial charge on any atom is -0.309 e. The van der Waals surface area contributed by atoms with E-state index in [0.29, 0.717) is 0 Å². The number of hydrogen-bond donors (Lipinski definition) is 0. The molecule has 0 aliphatic heterocycles. The summed E-state index contributed by atoms with van der Waals surface area (Å²) in [5, 5.41) is 7.67. The fraction of sp³-hybridized carbons (Fsp3) is 0.138. The lowest BCUT2D eigenvalue weighted by Crippen LogP contribution is -2.11. The number of benzene rings is 9.